The first-order chi connectivity index (χ1) is 5.83. The summed E-state index contributed by atoms with van der Waals surface area (Å²) in [5, 5.41) is 0. The van der Waals surface area contributed by atoms with Gasteiger partial charge in [-0.2, -0.15) is 13.2 Å². The summed E-state index contributed by atoms with van der Waals surface area (Å²) >= 11 is 0. The Labute approximate surface area is 70.0 Å². The molecule has 0 heterocycles. The smallest absolute Gasteiger partial charge is 0.315 e. The molecule has 0 fully saturated rings. The van der Waals surface area contributed by atoms with Gasteiger partial charge in [-0.15, -0.1) is 0 Å². The van der Waals surface area contributed by atoms with E-state index in [0.29, 0.717) is 0 Å². The normalized spacial score (nSPS) is 14.8. The molecule has 13 heavy (non-hydrogen) atoms. The fraction of sp³-hybridized carbons (Fsp3) is 0.667. The predicted molar refractivity (Wildman–Crippen MR) is 31.8 cm³/mol. The lowest BCUT2D eigenvalue weighted by molar-refractivity contribution is -0.219. The Balaban J connectivity index is 4.73. The molecule has 0 amide bonds. The van der Waals surface area contributed by atoms with Crippen LogP contribution in [0.1, 0.15) is 6.92 Å². The molecule has 0 saturated carbocycles. The van der Waals surface area contributed by atoms with Crippen molar-refractivity contribution in [3.05, 3.63) is 11.7 Å². The van der Waals surface area contributed by atoms with Gasteiger partial charge >= 0.3 is 6.11 Å². The van der Waals surface area contributed by atoms with Crippen molar-refractivity contribution < 1.29 is 31.1 Å². The zero-order valence-electron chi connectivity index (χ0n) is 6.46. The molecule has 0 saturated heterocycles. The average molecular weight is 208 g/mol. The highest BCUT2D eigenvalue weighted by molar-refractivity contribution is 5.07. The minimum absolute atomic E-state index is 0.628. The Morgan fingerprint density at radius 3 is 2.08 bits per heavy atom. The molecule has 0 aromatic carbocycles. The lowest BCUT2D eigenvalue weighted by Gasteiger charge is -2.13. The minimum atomic E-state index is -4.63. The van der Waals surface area contributed by atoms with Crippen molar-refractivity contribution in [2.24, 2.45) is 0 Å². The van der Waals surface area contributed by atoms with Crippen LogP contribution in [0.4, 0.5) is 26.3 Å². The topological polar surface area (TPSA) is 9.23 Å². The maximum atomic E-state index is 12.2. The van der Waals surface area contributed by atoms with Crippen LogP contribution in [0.2, 0.25) is 0 Å². The van der Waals surface area contributed by atoms with Gasteiger partial charge in [0.05, 0.1) is 6.61 Å². The van der Waals surface area contributed by atoms with Crippen LogP contribution in [0.5, 0.6) is 0 Å². The van der Waals surface area contributed by atoms with E-state index in [1.165, 1.54) is 0 Å². The molecule has 0 atom stereocenters. The molecule has 0 aliphatic heterocycles. The highest BCUT2D eigenvalue weighted by atomic mass is 19.3. The van der Waals surface area contributed by atoms with Crippen LogP contribution in [-0.4, -0.2) is 19.1 Å². The number of allylic oxidation sites excluding steroid dienone is 1. The van der Waals surface area contributed by atoms with Crippen molar-refractivity contribution >= 4 is 0 Å². The van der Waals surface area contributed by atoms with Crippen molar-refractivity contribution in [2.45, 2.75) is 19.5 Å². The third-order valence-corrected chi connectivity index (χ3v) is 0.982. The zero-order valence-corrected chi connectivity index (χ0v) is 6.46. The molecular formula is C6H6F6O. The quantitative estimate of drug-likeness (QED) is 0.645. The van der Waals surface area contributed by atoms with E-state index in [9.17, 15) is 26.3 Å². The first-order valence-electron chi connectivity index (χ1n) is 3.18. The van der Waals surface area contributed by atoms with E-state index in [2.05, 4.69) is 4.74 Å². The van der Waals surface area contributed by atoms with E-state index in [1.54, 1.807) is 0 Å². The van der Waals surface area contributed by atoms with E-state index >= 15 is 0 Å². The first kappa shape index (κ1) is 12.3. The van der Waals surface area contributed by atoms with Gasteiger partial charge in [0.15, 0.2) is 0 Å². The standard InChI is InChI=1S/C6H6F6O/c1-2-13-6(11,12)4(8)3(7)5(9)10/h5H,2H2,1H3/b4-3+. The Bertz CT molecular complexity index is 199. The first-order valence-corrected chi connectivity index (χ1v) is 3.18. The van der Waals surface area contributed by atoms with Gasteiger partial charge in [-0.05, 0) is 6.92 Å². The van der Waals surface area contributed by atoms with Crippen LogP contribution in [0.3, 0.4) is 0 Å². The van der Waals surface area contributed by atoms with E-state index in [4.69, 9.17) is 0 Å². The maximum absolute atomic E-state index is 12.2. The van der Waals surface area contributed by atoms with E-state index in [0.717, 1.165) is 6.92 Å². The Hall–Kier alpha value is -0.720. The van der Waals surface area contributed by atoms with Crippen LogP contribution in [-0.2, 0) is 4.74 Å². The molecule has 0 aliphatic rings. The zero-order chi connectivity index (χ0) is 10.6. The number of hydrogen-bond acceptors (Lipinski definition) is 1. The van der Waals surface area contributed by atoms with Crippen molar-refractivity contribution in [3.8, 4) is 0 Å². The van der Waals surface area contributed by atoms with Crippen LogP contribution >= 0.6 is 0 Å². The Morgan fingerprint density at radius 1 is 1.31 bits per heavy atom. The van der Waals surface area contributed by atoms with E-state index in [1.807, 2.05) is 0 Å². The number of ether oxygens (including phenoxy) is 1. The molecule has 0 unspecified atom stereocenters. The van der Waals surface area contributed by atoms with Gasteiger partial charge in [0, 0.05) is 0 Å². The number of halogens is 6. The lowest BCUT2D eigenvalue weighted by Crippen LogP contribution is -2.23. The molecule has 0 aromatic rings. The summed E-state index contributed by atoms with van der Waals surface area (Å²) in [6.45, 7) is 0.457. The SMILES string of the molecule is CCOC(F)(F)/C(F)=C(\F)C(F)F. The van der Waals surface area contributed by atoms with Crippen LogP contribution < -0.4 is 0 Å². The summed E-state index contributed by atoms with van der Waals surface area (Å²) in [5.74, 6) is -5.69. The van der Waals surface area contributed by atoms with Crippen LogP contribution in [0, 0.1) is 0 Å². The monoisotopic (exact) mass is 208 g/mol. The van der Waals surface area contributed by atoms with Crippen molar-refractivity contribution in [1.29, 1.82) is 0 Å². The number of hydrogen-bond donors (Lipinski definition) is 0. The fourth-order valence-corrected chi connectivity index (χ4v) is 0.479. The molecule has 0 spiro atoms. The van der Waals surface area contributed by atoms with Crippen molar-refractivity contribution in [3.63, 3.8) is 0 Å². The molecule has 1 nitrogen and oxygen atoms in total. The molecule has 0 N–H and O–H groups in total. The van der Waals surface area contributed by atoms with Crippen LogP contribution in [0.15, 0.2) is 11.7 Å². The summed E-state index contributed by atoms with van der Waals surface area (Å²) in [6.07, 6.45) is -8.54. The van der Waals surface area contributed by atoms with Gasteiger partial charge in [-0.3, -0.25) is 0 Å². The van der Waals surface area contributed by atoms with Gasteiger partial charge in [-0.25, -0.2) is 13.2 Å². The fourth-order valence-electron chi connectivity index (χ4n) is 0.479. The highest BCUT2D eigenvalue weighted by Crippen LogP contribution is 2.31. The highest BCUT2D eigenvalue weighted by Gasteiger charge is 2.41. The Morgan fingerprint density at radius 2 is 1.77 bits per heavy atom. The molecule has 0 rings (SSSR count). The van der Waals surface area contributed by atoms with E-state index < -0.39 is 30.8 Å². The summed E-state index contributed by atoms with van der Waals surface area (Å²) in [4.78, 5) is 0. The van der Waals surface area contributed by atoms with Crippen molar-refractivity contribution in [1.82, 2.24) is 0 Å². The second kappa shape index (κ2) is 4.50. The van der Waals surface area contributed by atoms with Gasteiger partial charge in [0.1, 0.15) is 0 Å². The molecule has 78 valence electrons. The molecule has 7 heteroatoms. The molecule has 0 bridgehead atoms. The van der Waals surface area contributed by atoms with Gasteiger partial charge < -0.3 is 4.74 Å². The number of alkyl halides is 4. The van der Waals surface area contributed by atoms with Crippen LogP contribution in [0.25, 0.3) is 0 Å². The summed E-state index contributed by atoms with van der Waals surface area (Å²) in [5.41, 5.74) is 0. The van der Waals surface area contributed by atoms with E-state index in [-0.39, 0.29) is 0 Å². The summed E-state index contributed by atoms with van der Waals surface area (Å²) in [6, 6.07) is 0. The largest absolute Gasteiger partial charge is 0.412 e. The average Bonchev–Trinajstić information content (AvgIpc) is 2.01. The second-order valence-corrected chi connectivity index (χ2v) is 1.91. The predicted octanol–water partition coefficient (Wildman–Crippen LogP) is 3.03. The third-order valence-electron chi connectivity index (χ3n) is 0.982. The molecular weight excluding hydrogens is 202 g/mol. The van der Waals surface area contributed by atoms with Gasteiger partial charge in [0.25, 0.3) is 6.43 Å². The summed E-state index contributed by atoms with van der Waals surface area (Å²) < 4.78 is 74.7. The molecule has 0 aliphatic carbocycles. The Kier molecular flexibility index (Phi) is 4.25. The van der Waals surface area contributed by atoms with Gasteiger partial charge in [-0.1, -0.05) is 0 Å². The van der Waals surface area contributed by atoms with Gasteiger partial charge in [0.2, 0.25) is 11.7 Å². The van der Waals surface area contributed by atoms with Crippen molar-refractivity contribution in [2.75, 3.05) is 6.61 Å². The maximum Gasteiger partial charge on any atom is 0.412 e. The lowest BCUT2D eigenvalue weighted by atomic mass is 10.4. The minimum Gasteiger partial charge on any atom is -0.315 e. The molecule has 0 aromatic heterocycles. The summed E-state index contributed by atoms with van der Waals surface area (Å²) in [7, 11) is 0. The second-order valence-electron chi connectivity index (χ2n) is 1.91. The third kappa shape index (κ3) is 3.25. The molecule has 0 radical (unpaired) electrons. The number of rotatable bonds is 4.